The Morgan fingerprint density at radius 2 is 1.90 bits per heavy atom. The predicted molar refractivity (Wildman–Crippen MR) is 35.5 cm³/mol. The first-order valence-electron chi connectivity index (χ1n) is 2.45. The van der Waals surface area contributed by atoms with Crippen molar-refractivity contribution in [1.82, 2.24) is 0 Å². The van der Waals surface area contributed by atoms with Crippen molar-refractivity contribution in [3.05, 3.63) is 18.6 Å². The zero-order valence-electron chi connectivity index (χ0n) is 5.14. The van der Waals surface area contributed by atoms with E-state index >= 15 is 0 Å². The fourth-order valence-electron chi connectivity index (χ4n) is 0.275. The van der Waals surface area contributed by atoms with Gasteiger partial charge in [0.1, 0.15) is 6.26 Å². The van der Waals surface area contributed by atoms with Crippen LogP contribution in [0.4, 0.5) is 5.69 Å². The molecule has 5 N–H and O–H groups in total. The van der Waals surface area contributed by atoms with Gasteiger partial charge in [-0.3, -0.25) is 0 Å². The Morgan fingerprint density at radius 1 is 1.40 bits per heavy atom. The van der Waals surface area contributed by atoms with E-state index in [1.54, 1.807) is 6.07 Å². The number of hydrogen-bond acceptors (Lipinski definition) is 5. The number of nitrogens with two attached hydrogens (primary N) is 1. The molecule has 0 saturated carbocycles. The number of rotatable bonds is 0. The van der Waals surface area contributed by atoms with Crippen molar-refractivity contribution in [2.45, 2.75) is 0 Å². The SMILES string of the molecule is Nc1ccoc1.OB(O)O. The summed E-state index contributed by atoms with van der Waals surface area (Å²) < 4.78 is 4.59. The van der Waals surface area contributed by atoms with Crippen LogP contribution in [0.1, 0.15) is 0 Å². The molecular weight excluding hydrogens is 137 g/mol. The van der Waals surface area contributed by atoms with Crippen molar-refractivity contribution in [2.24, 2.45) is 0 Å². The van der Waals surface area contributed by atoms with Crippen LogP contribution in [0.5, 0.6) is 0 Å². The molecule has 0 fully saturated rings. The first-order valence-corrected chi connectivity index (χ1v) is 2.45. The second-order valence-corrected chi connectivity index (χ2v) is 1.40. The summed E-state index contributed by atoms with van der Waals surface area (Å²) in [6, 6.07) is 1.69. The van der Waals surface area contributed by atoms with Gasteiger partial charge in [0, 0.05) is 0 Å². The smallest absolute Gasteiger partial charge is 0.470 e. The number of anilines is 1. The van der Waals surface area contributed by atoms with Crippen LogP contribution in [0.2, 0.25) is 0 Å². The van der Waals surface area contributed by atoms with E-state index in [4.69, 9.17) is 20.8 Å². The van der Waals surface area contributed by atoms with Crippen molar-refractivity contribution >= 4 is 13.0 Å². The van der Waals surface area contributed by atoms with Crippen LogP contribution in [-0.4, -0.2) is 22.4 Å². The van der Waals surface area contributed by atoms with Crippen LogP contribution in [0.3, 0.4) is 0 Å². The molecule has 0 unspecified atom stereocenters. The zero-order chi connectivity index (χ0) is 7.98. The average molecular weight is 145 g/mol. The zero-order valence-corrected chi connectivity index (χ0v) is 5.14. The Kier molecular flexibility index (Phi) is 4.39. The van der Waals surface area contributed by atoms with Gasteiger partial charge in [-0.25, -0.2) is 0 Å². The molecule has 56 valence electrons. The molecule has 0 saturated heterocycles. The second-order valence-electron chi connectivity index (χ2n) is 1.40. The van der Waals surface area contributed by atoms with Gasteiger partial charge in [-0.1, -0.05) is 0 Å². The van der Waals surface area contributed by atoms with Crippen molar-refractivity contribution in [2.75, 3.05) is 5.73 Å². The summed E-state index contributed by atoms with van der Waals surface area (Å²) in [4.78, 5) is 0. The summed E-state index contributed by atoms with van der Waals surface area (Å²) in [7, 11) is -2.17. The minimum absolute atomic E-state index is 0.676. The lowest BCUT2D eigenvalue weighted by Gasteiger charge is -1.69. The topological polar surface area (TPSA) is 99.9 Å². The van der Waals surface area contributed by atoms with Gasteiger partial charge in [0.2, 0.25) is 0 Å². The van der Waals surface area contributed by atoms with Gasteiger partial charge in [0.15, 0.2) is 0 Å². The molecule has 1 rings (SSSR count). The van der Waals surface area contributed by atoms with E-state index in [0.717, 1.165) is 0 Å². The maximum Gasteiger partial charge on any atom is 0.631 e. The Bertz CT molecular complexity index is 150. The van der Waals surface area contributed by atoms with Gasteiger partial charge in [0.25, 0.3) is 0 Å². The lowest BCUT2D eigenvalue weighted by molar-refractivity contribution is 0.278. The van der Waals surface area contributed by atoms with Crippen molar-refractivity contribution in [3.8, 4) is 0 Å². The Balaban J connectivity index is 0.000000180. The van der Waals surface area contributed by atoms with E-state index in [-0.39, 0.29) is 0 Å². The Morgan fingerprint density at radius 3 is 2.00 bits per heavy atom. The summed E-state index contributed by atoms with van der Waals surface area (Å²) in [6.07, 6.45) is 3.02. The minimum Gasteiger partial charge on any atom is -0.470 e. The summed E-state index contributed by atoms with van der Waals surface area (Å²) in [5, 5.41) is 21.5. The lowest BCUT2D eigenvalue weighted by atomic mass is 10.3. The molecule has 0 spiro atoms. The molecular formula is C4H8BNO4. The lowest BCUT2D eigenvalue weighted by Crippen LogP contribution is -2.07. The van der Waals surface area contributed by atoms with Crippen LogP contribution in [-0.2, 0) is 0 Å². The van der Waals surface area contributed by atoms with Gasteiger partial charge in [0.05, 0.1) is 12.0 Å². The monoisotopic (exact) mass is 145 g/mol. The van der Waals surface area contributed by atoms with Gasteiger partial charge in [-0.2, -0.15) is 0 Å². The summed E-state index contributed by atoms with van der Waals surface area (Å²) in [6.45, 7) is 0. The maximum atomic E-state index is 7.17. The molecule has 0 aliphatic heterocycles. The van der Waals surface area contributed by atoms with E-state index in [1.807, 2.05) is 0 Å². The third kappa shape index (κ3) is 7.02. The quantitative estimate of drug-likeness (QED) is 0.344. The largest absolute Gasteiger partial charge is 0.631 e. The third-order valence-electron chi connectivity index (χ3n) is 0.543. The molecule has 1 aromatic rings. The third-order valence-corrected chi connectivity index (χ3v) is 0.543. The van der Waals surface area contributed by atoms with Crippen molar-refractivity contribution in [1.29, 1.82) is 0 Å². The molecule has 0 bridgehead atoms. The molecule has 0 amide bonds. The highest BCUT2D eigenvalue weighted by Gasteiger charge is 1.92. The molecule has 0 aromatic carbocycles. The minimum atomic E-state index is -2.17. The second kappa shape index (κ2) is 4.86. The summed E-state index contributed by atoms with van der Waals surface area (Å²) >= 11 is 0. The fraction of sp³-hybridized carbons (Fsp3) is 0. The molecule has 0 radical (unpaired) electrons. The van der Waals surface area contributed by atoms with Gasteiger partial charge in [-0.15, -0.1) is 0 Å². The van der Waals surface area contributed by atoms with Crippen LogP contribution in [0.25, 0.3) is 0 Å². The highest BCUT2D eigenvalue weighted by molar-refractivity contribution is 6.30. The fourth-order valence-corrected chi connectivity index (χ4v) is 0.275. The highest BCUT2D eigenvalue weighted by atomic mass is 16.5. The molecule has 0 aliphatic rings. The maximum absolute atomic E-state index is 7.17. The van der Waals surface area contributed by atoms with E-state index in [2.05, 4.69) is 4.42 Å². The standard InChI is InChI=1S/C4H5NO.BH3O3/c5-4-1-2-6-3-4;2-1(3)4/h1-3H,5H2;2-4H. The van der Waals surface area contributed by atoms with E-state index in [1.165, 1.54) is 12.5 Å². The molecule has 10 heavy (non-hydrogen) atoms. The Hall–Kier alpha value is -0.975. The molecule has 1 aromatic heterocycles. The van der Waals surface area contributed by atoms with Crippen LogP contribution in [0.15, 0.2) is 23.0 Å². The number of hydrogen-bond donors (Lipinski definition) is 4. The van der Waals surface area contributed by atoms with Gasteiger partial charge in [-0.05, 0) is 6.07 Å². The summed E-state index contributed by atoms with van der Waals surface area (Å²) in [5.74, 6) is 0. The molecule has 0 atom stereocenters. The van der Waals surface area contributed by atoms with E-state index in [9.17, 15) is 0 Å². The first kappa shape index (κ1) is 9.02. The number of nitrogen functional groups attached to an aromatic ring is 1. The van der Waals surface area contributed by atoms with Crippen LogP contribution >= 0.6 is 0 Å². The van der Waals surface area contributed by atoms with Crippen molar-refractivity contribution < 1.29 is 19.5 Å². The molecule has 6 heteroatoms. The molecule has 0 aliphatic carbocycles. The molecule has 5 nitrogen and oxygen atoms in total. The average Bonchev–Trinajstić information content (AvgIpc) is 2.15. The van der Waals surface area contributed by atoms with Crippen LogP contribution < -0.4 is 5.73 Å². The Labute approximate surface area is 57.9 Å². The van der Waals surface area contributed by atoms with E-state index < -0.39 is 7.32 Å². The molecule has 1 heterocycles. The summed E-state index contributed by atoms with van der Waals surface area (Å²) in [5.41, 5.74) is 5.86. The number of furan rings is 1. The normalized spacial score (nSPS) is 7.90. The van der Waals surface area contributed by atoms with Crippen molar-refractivity contribution in [3.63, 3.8) is 0 Å². The van der Waals surface area contributed by atoms with Gasteiger partial charge >= 0.3 is 7.32 Å². The highest BCUT2D eigenvalue weighted by Crippen LogP contribution is 1.97. The van der Waals surface area contributed by atoms with Crippen LogP contribution in [0, 0.1) is 0 Å². The van der Waals surface area contributed by atoms with E-state index in [0.29, 0.717) is 5.69 Å². The predicted octanol–water partition coefficient (Wildman–Crippen LogP) is -1.19. The van der Waals surface area contributed by atoms with Gasteiger partial charge < -0.3 is 25.2 Å². The first-order chi connectivity index (χ1) is 4.63.